The molecule has 2 N–H and O–H groups in total. The molecular formula is C17H10O9. The van der Waals surface area contributed by atoms with Gasteiger partial charge in [0.15, 0.2) is 5.78 Å². The van der Waals surface area contributed by atoms with E-state index in [0.29, 0.717) is 5.56 Å². The Kier molecular flexibility index (Phi) is 9.53. The van der Waals surface area contributed by atoms with Gasteiger partial charge in [-0.3, -0.25) is 4.79 Å². The second-order valence-corrected chi connectivity index (χ2v) is 4.23. The smallest absolute Gasteiger partial charge is 0.373 e. The summed E-state index contributed by atoms with van der Waals surface area (Å²) in [6.07, 6.45) is 0.500. The van der Waals surface area contributed by atoms with Crippen molar-refractivity contribution in [3.05, 3.63) is 70.8 Å². The number of ketones is 1. The minimum Gasteiger partial charge on any atom is -0.478 e. The standard InChI is InChI=1S/C15H10O5.2CO2/c16-13(9-4-2-1-3-5-9)10-6-7-11(14(17)18)12(8-10)15(19)20;2*2-1-3/h1-8H,(H,17,18)(H,19,20);;. The van der Waals surface area contributed by atoms with E-state index in [4.69, 9.17) is 29.4 Å². The molecule has 2 aromatic rings. The third-order valence-electron chi connectivity index (χ3n) is 2.78. The van der Waals surface area contributed by atoms with Gasteiger partial charge in [0.25, 0.3) is 0 Å². The highest BCUT2D eigenvalue weighted by molar-refractivity contribution is 6.11. The van der Waals surface area contributed by atoms with E-state index >= 15 is 0 Å². The van der Waals surface area contributed by atoms with E-state index in [9.17, 15) is 14.4 Å². The number of rotatable bonds is 4. The molecule has 0 aromatic heterocycles. The molecule has 0 aliphatic rings. The molecule has 0 atom stereocenters. The molecule has 0 spiro atoms. The highest BCUT2D eigenvalue weighted by Gasteiger charge is 2.19. The van der Waals surface area contributed by atoms with Gasteiger partial charge in [-0.2, -0.15) is 19.2 Å². The van der Waals surface area contributed by atoms with Crippen LogP contribution in [0.1, 0.15) is 36.6 Å². The number of benzene rings is 2. The van der Waals surface area contributed by atoms with Crippen molar-refractivity contribution in [2.45, 2.75) is 0 Å². The average molecular weight is 358 g/mol. The molecular weight excluding hydrogens is 348 g/mol. The van der Waals surface area contributed by atoms with E-state index in [0.717, 1.165) is 12.1 Å². The van der Waals surface area contributed by atoms with Crippen molar-refractivity contribution in [2.24, 2.45) is 0 Å². The molecule has 0 saturated carbocycles. The summed E-state index contributed by atoms with van der Waals surface area (Å²) in [6.45, 7) is 0. The minimum atomic E-state index is -1.38. The maximum atomic E-state index is 12.2. The van der Waals surface area contributed by atoms with E-state index in [1.807, 2.05) is 0 Å². The number of carbonyl (C=O) groups is 3. The summed E-state index contributed by atoms with van der Waals surface area (Å²) >= 11 is 0. The van der Waals surface area contributed by atoms with Crippen molar-refractivity contribution in [1.29, 1.82) is 0 Å². The second-order valence-electron chi connectivity index (χ2n) is 4.23. The molecule has 2 rings (SSSR count). The van der Waals surface area contributed by atoms with Crippen molar-refractivity contribution < 1.29 is 43.8 Å². The fourth-order valence-electron chi connectivity index (χ4n) is 1.81. The van der Waals surface area contributed by atoms with E-state index in [1.54, 1.807) is 30.3 Å². The summed E-state index contributed by atoms with van der Waals surface area (Å²) in [6, 6.07) is 11.9. The van der Waals surface area contributed by atoms with Crippen molar-refractivity contribution in [2.75, 3.05) is 0 Å². The minimum absolute atomic E-state index is 0.138. The van der Waals surface area contributed by atoms with Crippen LogP contribution in [0.3, 0.4) is 0 Å². The summed E-state index contributed by atoms with van der Waals surface area (Å²) in [4.78, 5) is 66.7. The van der Waals surface area contributed by atoms with Gasteiger partial charge in [-0.1, -0.05) is 36.4 Å². The predicted octanol–water partition coefficient (Wildman–Crippen LogP) is 1.15. The largest absolute Gasteiger partial charge is 0.478 e. The molecule has 132 valence electrons. The SMILES string of the molecule is O=C(c1ccccc1)c1ccc(C(=O)O)c(C(=O)O)c1.O=C=O.O=C=O. The number of carbonyl (C=O) groups excluding carboxylic acids is 5. The Morgan fingerprint density at radius 3 is 1.54 bits per heavy atom. The first kappa shape index (κ1) is 21.8. The van der Waals surface area contributed by atoms with Crippen LogP contribution in [-0.4, -0.2) is 40.2 Å². The van der Waals surface area contributed by atoms with Gasteiger partial charge >= 0.3 is 24.2 Å². The van der Waals surface area contributed by atoms with Gasteiger partial charge in [-0.05, 0) is 12.1 Å². The van der Waals surface area contributed by atoms with Gasteiger partial charge in [0.05, 0.1) is 11.1 Å². The molecule has 0 saturated heterocycles. The Morgan fingerprint density at radius 2 is 1.12 bits per heavy atom. The summed E-state index contributed by atoms with van der Waals surface area (Å²) in [5.74, 6) is -3.09. The number of hydrogen-bond acceptors (Lipinski definition) is 7. The predicted molar refractivity (Wildman–Crippen MR) is 80.2 cm³/mol. The van der Waals surface area contributed by atoms with Crippen LogP contribution >= 0.6 is 0 Å². The topological polar surface area (TPSA) is 160 Å². The van der Waals surface area contributed by atoms with E-state index in [2.05, 4.69) is 0 Å². The molecule has 0 amide bonds. The molecule has 0 heterocycles. The molecule has 0 unspecified atom stereocenters. The highest BCUT2D eigenvalue weighted by atomic mass is 16.4. The maximum Gasteiger partial charge on any atom is 0.373 e. The number of carboxylic acid groups (broad SMARTS) is 2. The Balaban J connectivity index is 0.000000918. The van der Waals surface area contributed by atoms with Gasteiger partial charge in [0.2, 0.25) is 0 Å². The van der Waals surface area contributed by atoms with Crippen LogP contribution < -0.4 is 0 Å². The monoisotopic (exact) mass is 358 g/mol. The molecule has 2 aromatic carbocycles. The lowest BCUT2D eigenvalue weighted by molar-refractivity contribution is -0.193. The van der Waals surface area contributed by atoms with E-state index in [1.165, 1.54) is 6.07 Å². The Hall–Kier alpha value is -4.19. The zero-order chi connectivity index (χ0) is 20.1. The lowest BCUT2D eigenvalue weighted by Crippen LogP contribution is -2.10. The quantitative estimate of drug-likeness (QED) is 0.764. The van der Waals surface area contributed by atoms with Crippen LogP contribution in [0.15, 0.2) is 48.5 Å². The molecule has 0 radical (unpaired) electrons. The zero-order valence-corrected chi connectivity index (χ0v) is 12.9. The molecule has 0 fully saturated rings. The van der Waals surface area contributed by atoms with Crippen LogP contribution in [0.25, 0.3) is 0 Å². The molecule has 0 bridgehead atoms. The summed E-state index contributed by atoms with van der Waals surface area (Å²) in [5, 5.41) is 17.9. The number of carboxylic acids is 2. The van der Waals surface area contributed by atoms with Crippen molar-refractivity contribution in [3.8, 4) is 0 Å². The molecule has 9 heteroatoms. The van der Waals surface area contributed by atoms with Crippen molar-refractivity contribution >= 4 is 30.0 Å². The summed E-state index contributed by atoms with van der Waals surface area (Å²) in [5.41, 5.74) is -0.202. The summed E-state index contributed by atoms with van der Waals surface area (Å²) < 4.78 is 0. The maximum absolute atomic E-state index is 12.2. The van der Waals surface area contributed by atoms with Gasteiger partial charge < -0.3 is 10.2 Å². The van der Waals surface area contributed by atoms with Crippen molar-refractivity contribution in [3.63, 3.8) is 0 Å². The first-order valence-corrected chi connectivity index (χ1v) is 6.52. The van der Waals surface area contributed by atoms with Gasteiger partial charge in [0.1, 0.15) is 0 Å². The van der Waals surface area contributed by atoms with E-state index < -0.39 is 17.5 Å². The third kappa shape index (κ3) is 6.51. The van der Waals surface area contributed by atoms with Crippen LogP contribution in [0.5, 0.6) is 0 Å². The van der Waals surface area contributed by atoms with E-state index in [-0.39, 0.29) is 29.2 Å². The van der Waals surface area contributed by atoms with Crippen LogP contribution in [0, 0.1) is 0 Å². The first-order valence-electron chi connectivity index (χ1n) is 6.52. The molecule has 26 heavy (non-hydrogen) atoms. The van der Waals surface area contributed by atoms with Gasteiger partial charge in [0, 0.05) is 11.1 Å². The van der Waals surface area contributed by atoms with Gasteiger partial charge in [-0.15, -0.1) is 0 Å². The first-order chi connectivity index (χ1) is 12.3. The van der Waals surface area contributed by atoms with Crippen LogP contribution in [-0.2, 0) is 19.2 Å². The van der Waals surface area contributed by atoms with Crippen LogP contribution in [0.2, 0.25) is 0 Å². The Labute approximate surface area is 145 Å². The zero-order valence-electron chi connectivity index (χ0n) is 12.9. The average Bonchev–Trinajstić information content (AvgIpc) is 2.62. The van der Waals surface area contributed by atoms with Crippen LogP contribution in [0.4, 0.5) is 0 Å². The van der Waals surface area contributed by atoms with Gasteiger partial charge in [-0.25, -0.2) is 9.59 Å². The lowest BCUT2D eigenvalue weighted by Gasteiger charge is -2.05. The highest BCUT2D eigenvalue weighted by Crippen LogP contribution is 2.16. The fourth-order valence-corrected chi connectivity index (χ4v) is 1.81. The molecule has 9 nitrogen and oxygen atoms in total. The normalized spacial score (nSPS) is 8.31. The van der Waals surface area contributed by atoms with Crippen molar-refractivity contribution in [1.82, 2.24) is 0 Å². The third-order valence-corrected chi connectivity index (χ3v) is 2.78. The lowest BCUT2D eigenvalue weighted by atomic mass is 9.98. The fraction of sp³-hybridized carbons (Fsp3) is 0. The second kappa shape index (κ2) is 11.4. The number of hydrogen-bond donors (Lipinski definition) is 2. The Bertz CT molecular complexity index is 845. The molecule has 0 aliphatic heterocycles. The number of aromatic carboxylic acids is 2. The Morgan fingerprint density at radius 1 is 0.654 bits per heavy atom. The molecule has 0 aliphatic carbocycles. The summed E-state index contributed by atoms with van der Waals surface area (Å²) in [7, 11) is 0.